The standard InChI is InChI=1S/C27H27F3NO5Si/c1-26(2,3)18-13-21-20(34-25(35-21)36-37(4)5)12-17(18)23-16-8-6-7-9-19(16)31(24(23)32)14-15-10-11-22(33-15)27(28,29)30/h6-13,23,25H,14H2,1-5H3. The molecule has 0 spiro atoms. The van der Waals surface area contributed by atoms with Crippen molar-refractivity contribution in [2.45, 2.75) is 64.4 Å². The molecule has 5 rings (SSSR count). The zero-order valence-electron chi connectivity index (χ0n) is 21.1. The molecule has 0 bridgehead atoms. The van der Waals surface area contributed by atoms with Crippen LogP contribution in [-0.2, 0) is 27.4 Å². The number of hydrogen-bond donors (Lipinski definition) is 0. The largest absolute Gasteiger partial charge is 0.455 e. The minimum absolute atomic E-state index is 0.0505. The van der Waals surface area contributed by atoms with Crippen LogP contribution in [0.4, 0.5) is 18.9 Å². The van der Waals surface area contributed by atoms with Gasteiger partial charge in [-0.05, 0) is 65.5 Å². The normalized spacial score (nSPS) is 19.2. The smallest absolute Gasteiger partial charge is 0.449 e. The molecule has 3 heterocycles. The number of hydrogen-bond acceptors (Lipinski definition) is 5. The summed E-state index contributed by atoms with van der Waals surface area (Å²) in [5, 5.41) is 0. The molecule has 2 aliphatic rings. The van der Waals surface area contributed by atoms with Crippen molar-refractivity contribution in [3.05, 3.63) is 76.7 Å². The second kappa shape index (κ2) is 8.95. The lowest BCUT2D eigenvalue weighted by molar-refractivity contribution is -0.153. The fraction of sp³-hybridized carbons (Fsp3) is 0.370. The summed E-state index contributed by atoms with van der Waals surface area (Å²) in [6.07, 6.45) is -4.60. The molecular formula is C27H27F3NO5Si. The number of fused-ring (bicyclic) bond motifs is 2. The minimum Gasteiger partial charge on any atom is -0.455 e. The maximum Gasteiger partial charge on any atom is 0.449 e. The molecule has 2 aliphatic heterocycles. The third kappa shape index (κ3) is 4.75. The molecule has 1 aromatic heterocycles. The fourth-order valence-electron chi connectivity index (χ4n) is 4.74. The Balaban J connectivity index is 1.55. The molecule has 0 saturated carbocycles. The van der Waals surface area contributed by atoms with Crippen LogP contribution in [-0.4, -0.2) is 21.4 Å². The van der Waals surface area contributed by atoms with Crippen molar-refractivity contribution < 1.29 is 36.3 Å². The highest BCUT2D eigenvalue weighted by atomic mass is 28.3. The maximum atomic E-state index is 13.9. The fourth-order valence-corrected chi connectivity index (χ4v) is 5.22. The summed E-state index contributed by atoms with van der Waals surface area (Å²) >= 11 is 0. The van der Waals surface area contributed by atoms with Gasteiger partial charge in [-0.3, -0.25) is 4.79 Å². The van der Waals surface area contributed by atoms with Crippen molar-refractivity contribution in [1.82, 2.24) is 0 Å². The lowest BCUT2D eigenvalue weighted by Gasteiger charge is -2.26. The van der Waals surface area contributed by atoms with E-state index in [4.69, 9.17) is 18.3 Å². The van der Waals surface area contributed by atoms with Gasteiger partial charge in [0.15, 0.2) is 11.5 Å². The van der Waals surface area contributed by atoms with Gasteiger partial charge in [0.1, 0.15) is 5.76 Å². The predicted molar refractivity (Wildman–Crippen MR) is 132 cm³/mol. The van der Waals surface area contributed by atoms with E-state index < -0.39 is 33.4 Å². The van der Waals surface area contributed by atoms with E-state index in [0.29, 0.717) is 17.2 Å². The molecule has 2 atom stereocenters. The van der Waals surface area contributed by atoms with E-state index in [1.807, 2.05) is 58.1 Å². The number of carbonyl (C=O) groups excluding carboxylic acids is 1. The molecule has 2 aromatic carbocycles. The van der Waals surface area contributed by atoms with Crippen molar-refractivity contribution in [3.8, 4) is 11.5 Å². The number of nitrogens with zero attached hydrogens (tertiary/aromatic N) is 1. The molecule has 10 heteroatoms. The van der Waals surface area contributed by atoms with Crippen LogP contribution in [0.1, 0.15) is 54.9 Å². The second-order valence-corrected chi connectivity index (χ2v) is 12.4. The van der Waals surface area contributed by atoms with E-state index in [9.17, 15) is 18.0 Å². The van der Waals surface area contributed by atoms with E-state index in [2.05, 4.69) is 0 Å². The number of halogens is 3. The summed E-state index contributed by atoms with van der Waals surface area (Å²) in [7, 11) is -1.08. The van der Waals surface area contributed by atoms with E-state index in [1.54, 1.807) is 12.1 Å². The number of ether oxygens (including phenoxy) is 2. The first-order valence-corrected chi connectivity index (χ1v) is 14.3. The van der Waals surface area contributed by atoms with Crippen LogP contribution >= 0.6 is 0 Å². The minimum atomic E-state index is -4.60. The van der Waals surface area contributed by atoms with Gasteiger partial charge in [-0.1, -0.05) is 39.0 Å². The molecule has 6 nitrogen and oxygen atoms in total. The highest BCUT2D eigenvalue weighted by Crippen LogP contribution is 2.49. The van der Waals surface area contributed by atoms with Crippen LogP contribution in [0.5, 0.6) is 11.5 Å². The Morgan fingerprint density at radius 1 is 0.973 bits per heavy atom. The molecule has 0 aliphatic carbocycles. The molecule has 1 radical (unpaired) electrons. The van der Waals surface area contributed by atoms with E-state index in [-0.39, 0.29) is 23.6 Å². The van der Waals surface area contributed by atoms with E-state index >= 15 is 0 Å². The van der Waals surface area contributed by atoms with Crippen LogP contribution in [0, 0.1) is 0 Å². The number of para-hydroxylation sites is 1. The second-order valence-electron chi connectivity index (χ2n) is 10.4. The van der Waals surface area contributed by atoms with Crippen LogP contribution in [0.25, 0.3) is 0 Å². The Bertz CT molecular complexity index is 1340. The number of furan rings is 1. The van der Waals surface area contributed by atoms with Crippen molar-refractivity contribution in [3.63, 3.8) is 0 Å². The van der Waals surface area contributed by atoms with Gasteiger partial charge in [-0.2, -0.15) is 13.2 Å². The first-order chi connectivity index (χ1) is 17.3. The number of alkyl halides is 3. The van der Waals surface area contributed by atoms with Crippen molar-refractivity contribution >= 4 is 20.6 Å². The van der Waals surface area contributed by atoms with Gasteiger partial charge in [-0.25, -0.2) is 0 Å². The highest BCUT2D eigenvalue weighted by molar-refractivity contribution is 6.48. The van der Waals surface area contributed by atoms with E-state index in [1.165, 1.54) is 11.0 Å². The van der Waals surface area contributed by atoms with Gasteiger partial charge < -0.3 is 23.2 Å². The van der Waals surface area contributed by atoms with Crippen molar-refractivity contribution in [2.75, 3.05) is 4.90 Å². The molecule has 2 unspecified atom stereocenters. The van der Waals surface area contributed by atoms with Crippen molar-refractivity contribution in [1.29, 1.82) is 0 Å². The van der Waals surface area contributed by atoms with E-state index in [0.717, 1.165) is 22.8 Å². The predicted octanol–water partition coefficient (Wildman–Crippen LogP) is 6.60. The SMILES string of the molecule is C[Si](C)OC1Oc2cc(C3C(=O)N(Cc4ccc(C(F)(F)F)o4)c4ccccc43)c(C(C)(C)C)cc2O1. The number of benzene rings is 2. The quantitative estimate of drug-likeness (QED) is 0.348. The highest BCUT2D eigenvalue weighted by Gasteiger charge is 2.42. The first-order valence-electron chi connectivity index (χ1n) is 11.9. The van der Waals surface area contributed by atoms with Crippen LogP contribution in [0.15, 0.2) is 52.9 Å². The zero-order valence-corrected chi connectivity index (χ0v) is 22.1. The summed E-state index contributed by atoms with van der Waals surface area (Å²) in [5.74, 6) is -0.933. The molecule has 1 amide bonds. The first kappa shape index (κ1) is 25.4. The Labute approximate surface area is 214 Å². The Kier molecular flexibility index (Phi) is 6.15. The Morgan fingerprint density at radius 3 is 2.27 bits per heavy atom. The maximum absolute atomic E-state index is 13.9. The summed E-state index contributed by atoms with van der Waals surface area (Å²) in [6, 6.07) is 13.2. The molecular weight excluding hydrogens is 503 g/mol. The summed E-state index contributed by atoms with van der Waals surface area (Å²) in [5.41, 5.74) is 2.71. The monoisotopic (exact) mass is 530 g/mol. The topological polar surface area (TPSA) is 61.1 Å². The van der Waals surface area contributed by atoms with Gasteiger partial charge in [0, 0.05) is 5.69 Å². The number of anilines is 1. The number of rotatable bonds is 5. The molecule has 0 saturated heterocycles. The molecule has 195 valence electrons. The number of carbonyl (C=O) groups is 1. The Morgan fingerprint density at radius 2 is 1.65 bits per heavy atom. The lowest BCUT2D eigenvalue weighted by atomic mass is 9.78. The third-order valence-corrected chi connectivity index (χ3v) is 6.98. The van der Waals surface area contributed by atoms with Gasteiger partial charge in [0.2, 0.25) is 20.7 Å². The molecule has 3 aromatic rings. The Hall–Kier alpha value is -3.24. The number of amides is 1. The summed E-state index contributed by atoms with van der Waals surface area (Å²) in [6.45, 7) is 9.14. The van der Waals surface area contributed by atoms with Crippen LogP contribution < -0.4 is 14.4 Å². The molecule has 0 fully saturated rings. The molecule has 0 N–H and O–H groups in total. The lowest BCUT2D eigenvalue weighted by Crippen LogP contribution is -2.29. The van der Waals surface area contributed by atoms with Crippen LogP contribution in [0.3, 0.4) is 0 Å². The van der Waals surface area contributed by atoms with Crippen LogP contribution in [0.2, 0.25) is 13.1 Å². The average Bonchev–Trinajstić information content (AvgIpc) is 3.48. The zero-order chi connectivity index (χ0) is 26.7. The van der Waals surface area contributed by atoms with Gasteiger partial charge >= 0.3 is 12.7 Å². The summed E-state index contributed by atoms with van der Waals surface area (Å²) in [4.78, 5) is 15.4. The van der Waals surface area contributed by atoms with Gasteiger partial charge in [0.25, 0.3) is 0 Å². The third-order valence-electron chi connectivity index (χ3n) is 6.32. The van der Waals surface area contributed by atoms with Gasteiger partial charge in [0.05, 0.1) is 12.5 Å². The van der Waals surface area contributed by atoms with Crippen molar-refractivity contribution in [2.24, 2.45) is 0 Å². The molecule has 37 heavy (non-hydrogen) atoms. The van der Waals surface area contributed by atoms with Gasteiger partial charge in [-0.15, -0.1) is 0 Å². The average molecular weight is 531 g/mol. The summed E-state index contributed by atoms with van der Waals surface area (Å²) < 4.78 is 61.8.